The van der Waals surface area contributed by atoms with Crippen molar-refractivity contribution in [3.05, 3.63) is 45.5 Å². The van der Waals surface area contributed by atoms with Gasteiger partial charge in [-0.15, -0.1) is 0 Å². The van der Waals surface area contributed by atoms with Gasteiger partial charge in [-0.2, -0.15) is 0 Å². The predicted octanol–water partition coefficient (Wildman–Crippen LogP) is 8.77. The zero-order valence-electron chi connectivity index (χ0n) is 20.2. The Hall–Kier alpha value is -1.19. The highest BCUT2D eigenvalue weighted by atomic mass is 35.5. The van der Waals surface area contributed by atoms with E-state index in [1.165, 1.54) is 51.4 Å². The summed E-state index contributed by atoms with van der Waals surface area (Å²) < 4.78 is 12.8. The van der Waals surface area contributed by atoms with Gasteiger partial charge >= 0.3 is 0 Å². The van der Waals surface area contributed by atoms with Gasteiger partial charge in [-0.25, -0.2) is 0 Å². The Bertz CT molecular complexity index is 906. The summed E-state index contributed by atoms with van der Waals surface area (Å²) in [5.41, 5.74) is 6.19. The summed E-state index contributed by atoms with van der Waals surface area (Å²) in [6, 6.07) is 6.24. The molecule has 1 fully saturated rings. The zero-order valence-corrected chi connectivity index (χ0v) is 22.0. The van der Waals surface area contributed by atoms with E-state index in [4.69, 9.17) is 20.8 Å². The van der Waals surface area contributed by atoms with Gasteiger partial charge in [0.1, 0.15) is 11.5 Å². The normalized spacial score (nSPS) is 25.8. The van der Waals surface area contributed by atoms with Crippen molar-refractivity contribution in [1.29, 1.82) is 0 Å². The second-order valence-corrected chi connectivity index (χ2v) is 16.3. The van der Waals surface area contributed by atoms with Crippen molar-refractivity contribution >= 4 is 25.7 Å². The van der Waals surface area contributed by atoms with Gasteiger partial charge in [0.15, 0.2) is 0 Å². The van der Waals surface area contributed by atoms with E-state index < -0.39 is 8.32 Å². The molecule has 0 radical (unpaired) electrons. The lowest BCUT2D eigenvalue weighted by molar-refractivity contribution is 0.311. The Morgan fingerprint density at radius 1 is 1.06 bits per heavy atom. The first kappa shape index (κ1) is 23.0. The van der Waals surface area contributed by atoms with Gasteiger partial charge in [0.05, 0.1) is 12.1 Å². The molecule has 2 nitrogen and oxygen atoms in total. The topological polar surface area (TPSA) is 18.5 Å². The van der Waals surface area contributed by atoms with E-state index >= 15 is 0 Å². The van der Waals surface area contributed by atoms with Crippen LogP contribution in [0.1, 0.15) is 77.7 Å². The van der Waals surface area contributed by atoms with Crippen LogP contribution in [0.2, 0.25) is 23.2 Å². The average Bonchev–Trinajstić information content (AvgIpc) is 2.70. The fourth-order valence-electron chi connectivity index (χ4n) is 5.58. The van der Waals surface area contributed by atoms with Gasteiger partial charge in [0, 0.05) is 11.5 Å². The highest BCUT2D eigenvalue weighted by molar-refractivity contribution is 6.74. The lowest BCUT2D eigenvalue weighted by Crippen LogP contribution is -2.43. The van der Waals surface area contributed by atoms with E-state index in [1.54, 1.807) is 16.7 Å². The molecule has 1 saturated carbocycles. The third-order valence-corrected chi connectivity index (χ3v) is 12.9. The molecule has 2 bridgehead atoms. The van der Waals surface area contributed by atoms with Crippen molar-refractivity contribution in [2.75, 3.05) is 7.11 Å². The van der Waals surface area contributed by atoms with Gasteiger partial charge in [-0.1, -0.05) is 49.9 Å². The molecular weight excluding hydrogens is 420 g/mol. The van der Waals surface area contributed by atoms with Crippen LogP contribution in [0.3, 0.4) is 0 Å². The number of hydrogen-bond donors (Lipinski definition) is 0. The summed E-state index contributed by atoms with van der Waals surface area (Å²) in [6.07, 6.45) is 10.5. The van der Waals surface area contributed by atoms with Crippen LogP contribution in [-0.2, 0) is 4.74 Å². The monoisotopic (exact) mass is 458 g/mol. The Labute approximate surface area is 195 Å². The Balaban J connectivity index is 1.76. The maximum atomic E-state index is 6.62. The first-order chi connectivity index (χ1) is 14.6. The minimum Gasteiger partial charge on any atom is -0.542 e. The highest BCUT2D eigenvalue weighted by Crippen LogP contribution is 2.53. The molecule has 31 heavy (non-hydrogen) atoms. The molecule has 0 aliphatic heterocycles. The standard InChI is InChI=1S/C27H39ClO2Si/c1-27(2,3)31(5,6)30-24-17-20(14-15-23(24)28)26(29-4)25-19-11-9-13-22(25)21-12-8-7-10-18(21)16-19/h14-15,17,19,22H,7-13,16H2,1-6H3. The number of hydrogen-bond acceptors (Lipinski definition) is 2. The molecule has 0 saturated heterocycles. The second-order valence-electron chi connectivity index (χ2n) is 11.2. The molecule has 1 aromatic rings. The molecule has 2 unspecified atom stereocenters. The third kappa shape index (κ3) is 4.37. The fourth-order valence-corrected chi connectivity index (χ4v) is 6.82. The highest BCUT2D eigenvalue weighted by Gasteiger charge is 2.41. The quantitative estimate of drug-likeness (QED) is 0.255. The lowest BCUT2D eigenvalue weighted by atomic mass is 9.62. The van der Waals surface area contributed by atoms with Gasteiger partial charge in [0.25, 0.3) is 8.32 Å². The number of halogens is 1. The summed E-state index contributed by atoms with van der Waals surface area (Å²) >= 11 is 6.61. The maximum Gasteiger partial charge on any atom is 0.250 e. The van der Waals surface area contributed by atoms with Crippen molar-refractivity contribution in [2.45, 2.75) is 90.3 Å². The molecule has 2 atom stereocenters. The van der Waals surface area contributed by atoms with Crippen molar-refractivity contribution in [3.8, 4) is 5.75 Å². The minimum absolute atomic E-state index is 0.124. The minimum atomic E-state index is -1.98. The lowest BCUT2D eigenvalue weighted by Gasteiger charge is -2.43. The maximum absolute atomic E-state index is 6.62. The van der Waals surface area contributed by atoms with Crippen molar-refractivity contribution in [1.82, 2.24) is 0 Å². The molecule has 0 amide bonds. The van der Waals surface area contributed by atoms with Gasteiger partial charge in [-0.3, -0.25) is 0 Å². The van der Waals surface area contributed by atoms with Crippen LogP contribution >= 0.6 is 11.6 Å². The van der Waals surface area contributed by atoms with E-state index in [0.29, 0.717) is 16.9 Å². The average molecular weight is 459 g/mol. The van der Waals surface area contributed by atoms with Crippen LogP contribution in [-0.4, -0.2) is 15.4 Å². The van der Waals surface area contributed by atoms with E-state index in [-0.39, 0.29) is 5.04 Å². The first-order valence-corrected chi connectivity index (χ1v) is 15.4. The van der Waals surface area contributed by atoms with Gasteiger partial charge in [0.2, 0.25) is 0 Å². The van der Waals surface area contributed by atoms with Crippen LogP contribution in [0.15, 0.2) is 34.9 Å². The zero-order chi connectivity index (χ0) is 22.4. The molecule has 0 N–H and O–H groups in total. The van der Waals surface area contributed by atoms with Crippen LogP contribution < -0.4 is 4.43 Å². The second kappa shape index (κ2) is 8.63. The predicted molar refractivity (Wildman–Crippen MR) is 134 cm³/mol. The van der Waals surface area contributed by atoms with Crippen molar-refractivity contribution in [2.24, 2.45) is 11.8 Å². The Morgan fingerprint density at radius 2 is 1.81 bits per heavy atom. The van der Waals surface area contributed by atoms with E-state index in [0.717, 1.165) is 17.1 Å². The molecule has 0 heterocycles. The number of benzene rings is 1. The van der Waals surface area contributed by atoms with Crippen LogP contribution in [0.25, 0.3) is 5.76 Å². The summed E-state index contributed by atoms with van der Waals surface area (Å²) in [6.45, 7) is 11.3. The first-order valence-electron chi connectivity index (χ1n) is 12.1. The number of fused-ring (bicyclic) bond motifs is 3. The number of methoxy groups -OCH3 is 1. The number of ether oxygens (including phenoxy) is 1. The molecule has 170 valence electrons. The molecule has 4 rings (SSSR count). The molecular formula is C27H39ClO2Si. The fraction of sp³-hybridized carbons (Fsp3) is 0.630. The van der Waals surface area contributed by atoms with Crippen molar-refractivity contribution in [3.63, 3.8) is 0 Å². The van der Waals surface area contributed by atoms with Crippen LogP contribution in [0.4, 0.5) is 0 Å². The summed E-state index contributed by atoms with van der Waals surface area (Å²) in [5.74, 6) is 3.09. The van der Waals surface area contributed by atoms with Crippen LogP contribution in [0.5, 0.6) is 5.75 Å². The SMILES string of the molecule is COC(=C1C2CCCC1C1=C(CCCC1)C2)c1ccc(Cl)c(O[Si](C)(C)C(C)(C)C)c1. The molecule has 0 aromatic heterocycles. The Kier molecular flexibility index (Phi) is 6.40. The smallest absolute Gasteiger partial charge is 0.250 e. The molecule has 1 aromatic carbocycles. The van der Waals surface area contributed by atoms with Crippen LogP contribution in [0, 0.1) is 11.8 Å². The van der Waals surface area contributed by atoms with E-state index in [2.05, 4.69) is 46.0 Å². The molecule has 3 aliphatic carbocycles. The number of rotatable bonds is 4. The molecule has 3 aliphatic rings. The Morgan fingerprint density at radius 3 is 2.52 bits per heavy atom. The van der Waals surface area contributed by atoms with Gasteiger partial charge < -0.3 is 9.16 Å². The molecule has 4 heteroatoms. The summed E-state index contributed by atoms with van der Waals surface area (Å²) in [7, 11) is -0.140. The van der Waals surface area contributed by atoms with E-state index in [9.17, 15) is 0 Å². The summed E-state index contributed by atoms with van der Waals surface area (Å²) in [4.78, 5) is 0. The van der Waals surface area contributed by atoms with Gasteiger partial charge in [-0.05, 0) is 92.8 Å². The number of allylic oxidation sites excluding steroid dienone is 3. The largest absolute Gasteiger partial charge is 0.542 e. The summed E-state index contributed by atoms with van der Waals surface area (Å²) in [5, 5.41) is 0.814. The molecule has 0 spiro atoms. The van der Waals surface area contributed by atoms with E-state index in [1.807, 2.05) is 13.2 Å². The van der Waals surface area contributed by atoms with Crippen molar-refractivity contribution < 1.29 is 9.16 Å². The third-order valence-electron chi connectivity index (χ3n) is 8.23.